The average molecular weight is 387 g/mol. The number of nitrogens with zero attached hydrogens (tertiary/aromatic N) is 2. The van der Waals surface area contributed by atoms with Gasteiger partial charge in [0, 0.05) is 24.3 Å². The number of nitrogens with one attached hydrogen (secondary N) is 1. The summed E-state index contributed by atoms with van der Waals surface area (Å²) in [5, 5.41) is 4.99. The number of aryl methyl sites for hydroxylation is 1. The second-order valence-electron chi connectivity index (χ2n) is 7.61. The van der Waals surface area contributed by atoms with E-state index in [1.807, 2.05) is 72.5 Å². The first-order valence-electron chi connectivity index (χ1n) is 10.1. The lowest BCUT2D eigenvalue weighted by atomic mass is 9.95. The van der Waals surface area contributed by atoms with Gasteiger partial charge in [0.25, 0.3) is 5.91 Å². The van der Waals surface area contributed by atoms with E-state index in [4.69, 9.17) is 0 Å². The Bertz CT molecular complexity index is 1040. The van der Waals surface area contributed by atoms with E-state index in [9.17, 15) is 9.59 Å². The van der Waals surface area contributed by atoms with Crippen LogP contribution in [0.4, 0.5) is 0 Å². The van der Waals surface area contributed by atoms with E-state index in [-0.39, 0.29) is 17.7 Å². The van der Waals surface area contributed by atoms with Crippen molar-refractivity contribution in [2.24, 2.45) is 5.92 Å². The Kier molecular flexibility index (Phi) is 5.56. The molecule has 0 aliphatic carbocycles. The van der Waals surface area contributed by atoms with Crippen LogP contribution < -0.4 is 5.32 Å². The van der Waals surface area contributed by atoms with E-state index >= 15 is 0 Å². The molecule has 5 nitrogen and oxygen atoms in total. The first-order chi connectivity index (χ1) is 14.1. The normalized spacial score (nSPS) is 16.6. The smallest absolute Gasteiger partial charge is 0.254 e. The highest BCUT2D eigenvalue weighted by Crippen LogP contribution is 2.23. The molecule has 1 aromatic heterocycles. The zero-order valence-corrected chi connectivity index (χ0v) is 16.6. The summed E-state index contributed by atoms with van der Waals surface area (Å²) in [5.41, 5.74) is 2.48. The average Bonchev–Trinajstić information content (AvgIpc) is 2.76. The largest absolute Gasteiger partial charge is 0.350 e. The molecule has 1 aliphatic heterocycles. The zero-order valence-electron chi connectivity index (χ0n) is 16.6. The molecule has 1 N–H and O–H groups in total. The van der Waals surface area contributed by atoms with E-state index in [0.29, 0.717) is 25.2 Å². The van der Waals surface area contributed by atoms with Gasteiger partial charge in [-0.2, -0.15) is 0 Å². The number of fused-ring (bicyclic) bond motifs is 1. The number of aromatic nitrogens is 1. The van der Waals surface area contributed by atoms with Gasteiger partial charge in [0.05, 0.1) is 18.2 Å². The van der Waals surface area contributed by atoms with Gasteiger partial charge in [0.15, 0.2) is 0 Å². The van der Waals surface area contributed by atoms with Crippen molar-refractivity contribution >= 4 is 22.6 Å². The zero-order chi connectivity index (χ0) is 20.2. The first-order valence-corrected chi connectivity index (χ1v) is 10.1. The van der Waals surface area contributed by atoms with Crippen molar-refractivity contribution in [3.05, 3.63) is 77.6 Å². The molecule has 148 valence electrons. The van der Waals surface area contributed by atoms with Crippen LogP contribution in [0.25, 0.3) is 10.8 Å². The van der Waals surface area contributed by atoms with Crippen LogP contribution in [0.2, 0.25) is 0 Å². The lowest BCUT2D eigenvalue weighted by molar-refractivity contribution is -0.126. The molecule has 1 unspecified atom stereocenters. The van der Waals surface area contributed by atoms with Crippen LogP contribution in [0.1, 0.15) is 34.6 Å². The van der Waals surface area contributed by atoms with E-state index in [1.54, 1.807) is 0 Å². The van der Waals surface area contributed by atoms with Crippen molar-refractivity contribution in [1.29, 1.82) is 0 Å². The molecular weight excluding hydrogens is 362 g/mol. The number of amides is 2. The van der Waals surface area contributed by atoms with Gasteiger partial charge in [-0.3, -0.25) is 14.6 Å². The lowest BCUT2D eigenvalue weighted by Crippen LogP contribution is -2.45. The van der Waals surface area contributed by atoms with Gasteiger partial charge in [0.2, 0.25) is 5.91 Å². The third-order valence-electron chi connectivity index (χ3n) is 5.49. The third-order valence-corrected chi connectivity index (χ3v) is 5.49. The molecule has 1 fully saturated rings. The number of hydrogen-bond donors (Lipinski definition) is 1. The Balaban J connectivity index is 1.43. The standard InChI is InChI=1S/C24H25N3O2/c1-17-7-4-11-20(26-17)15-25-23(28)19-10-6-14-27(16-19)24(29)22-13-5-9-18-8-2-3-12-21(18)22/h2-5,7-9,11-13,19H,6,10,14-16H2,1H3,(H,25,28). The molecule has 0 radical (unpaired) electrons. The van der Waals surface area contributed by atoms with Gasteiger partial charge in [-0.05, 0) is 48.7 Å². The number of rotatable bonds is 4. The van der Waals surface area contributed by atoms with Crippen molar-refractivity contribution in [2.45, 2.75) is 26.3 Å². The minimum atomic E-state index is -0.188. The number of pyridine rings is 1. The predicted molar refractivity (Wildman–Crippen MR) is 113 cm³/mol. The molecule has 29 heavy (non-hydrogen) atoms. The van der Waals surface area contributed by atoms with Gasteiger partial charge < -0.3 is 10.2 Å². The van der Waals surface area contributed by atoms with Crippen LogP contribution in [-0.4, -0.2) is 34.8 Å². The summed E-state index contributed by atoms with van der Waals surface area (Å²) in [5.74, 6) is -0.198. The quantitative estimate of drug-likeness (QED) is 0.742. The van der Waals surface area contributed by atoms with Crippen molar-refractivity contribution < 1.29 is 9.59 Å². The number of likely N-dealkylation sites (tertiary alicyclic amines) is 1. The monoisotopic (exact) mass is 387 g/mol. The van der Waals surface area contributed by atoms with Crippen LogP contribution in [-0.2, 0) is 11.3 Å². The second-order valence-corrected chi connectivity index (χ2v) is 7.61. The fourth-order valence-corrected chi connectivity index (χ4v) is 3.98. The van der Waals surface area contributed by atoms with Crippen molar-refractivity contribution in [1.82, 2.24) is 15.2 Å². The highest BCUT2D eigenvalue weighted by Gasteiger charge is 2.29. The summed E-state index contributed by atoms with van der Waals surface area (Å²) in [6.45, 7) is 3.48. The van der Waals surface area contributed by atoms with Crippen LogP contribution in [0.3, 0.4) is 0 Å². The molecule has 2 amide bonds. The number of piperidine rings is 1. The first kappa shape index (κ1) is 19.1. The summed E-state index contributed by atoms with van der Waals surface area (Å²) in [6, 6.07) is 19.5. The Morgan fingerprint density at radius 1 is 1.07 bits per heavy atom. The van der Waals surface area contributed by atoms with Gasteiger partial charge in [0.1, 0.15) is 0 Å². The molecule has 2 aromatic carbocycles. The molecule has 3 aromatic rings. The minimum Gasteiger partial charge on any atom is -0.350 e. The molecule has 0 spiro atoms. The summed E-state index contributed by atoms with van der Waals surface area (Å²) in [4.78, 5) is 32.1. The van der Waals surface area contributed by atoms with Crippen molar-refractivity contribution in [3.8, 4) is 0 Å². The molecule has 1 atom stereocenters. The van der Waals surface area contributed by atoms with Gasteiger partial charge in [-0.25, -0.2) is 0 Å². The molecule has 1 saturated heterocycles. The van der Waals surface area contributed by atoms with E-state index < -0.39 is 0 Å². The predicted octanol–water partition coefficient (Wildman–Crippen LogP) is 3.71. The number of carbonyl (C=O) groups excluding carboxylic acids is 2. The topological polar surface area (TPSA) is 62.3 Å². The Labute approximate surface area is 170 Å². The maximum atomic E-state index is 13.2. The Morgan fingerprint density at radius 3 is 2.72 bits per heavy atom. The molecule has 5 heteroatoms. The fraction of sp³-hybridized carbons (Fsp3) is 0.292. The van der Waals surface area contributed by atoms with Crippen LogP contribution in [0.15, 0.2) is 60.7 Å². The second kappa shape index (κ2) is 8.43. The van der Waals surface area contributed by atoms with E-state index in [0.717, 1.165) is 35.0 Å². The molecule has 0 bridgehead atoms. The van der Waals surface area contributed by atoms with Crippen molar-refractivity contribution in [2.75, 3.05) is 13.1 Å². The van der Waals surface area contributed by atoms with Crippen molar-refractivity contribution in [3.63, 3.8) is 0 Å². The molecule has 1 aliphatic rings. The summed E-state index contributed by atoms with van der Waals surface area (Å²) < 4.78 is 0. The van der Waals surface area contributed by atoms with Gasteiger partial charge in [-0.1, -0.05) is 42.5 Å². The molecule has 0 saturated carbocycles. The number of benzene rings is 2. The fourth-order valence-electron chi connectivity index (χ4n) is 3.98. The van der Waals surface area contributed by atoms with Crippen LogP contribution in [0.5, 0.6) is 0 Å². The SMILES string of the molecule is Cc1cccc(CNC(=O)C2CCCN(C(=O)c3cccc4ccccc34)C2)n1. The van der Waals surface area contributed by atoms with Gasteiger partial charge >= 0.3 is 0 Å². The third kappa shape index (κ3) is 4.29. The van der Waals surface area contributed by atoms with Crippen LogP contribution >= 0.6 is 0 Å². The number of carbonyl (C=O) groups is 2. The van der Waals surface area contributed by atoms with E-state index in [2.05, 4.69) is 10.3 Å². The molecular formula is C24H25N3O2. The number of hydrogen-bond acceptors (Lipinski definition) is 3. The maximum absolute atomic E-state index is 13.2. The van der Waals surface area contributed by atoms with Crippen LogP contribution in [0, 0.1) is 12.8 Å². The Morgan fingerprint density at radius 2 is 1.86 bits per heavy atom. The molecule has 4 rings (SSSR count). The Hall–Kier alpha value is -3.21. The maximum Gasteiger partial charge on any atom is 0.254 e. The van der Waals surface area contributed by atoms with E-state index in [1.165, 1.54) is 0 Å². The summed E-state index contributed by atoms with van der Waals surface area (Å²) in [6.07, 6.45) is 1.63. The summed E-state index contributed by atoms with van der Waals surface area (Å²) >= 11 is 0. The molecule has 2 heterocycles. The highest BCUT2D eigenvalue weighted by atomic mass is 16.2. The van der Waals surface area contributed by atoms with Gasteiger partial charge in [-0.15, -0.1) is 0 Å². The minimum absolute atomic E-state index is 0.000323. The highest BCUT2D eigenvalue weighted by molar-refractivity contribution is 6.07. The lowest BCUT2D eigenvalue weighted by Gasteiger charge is -2.32. The summed E-state index contributed by atoms with van der Waals surface area (Å²) in [7, 11) is 0.